The molecule has 2 N–H and O–H groups in total. The smallest absolute Gasteiger partial charge is 0.251 e. The Morgan fingerprint density at radius 2 is 1.59 bits per heavy atom. The van der Waals surface area contributed by atoms with E-state index >= 15 is 0 Å². The minimum Gasteiger partial charge on any atom is -0.490 e. The Morgan fingerprint density at radius 1 is 0.875 bits per heavy atom. The molecule has 0 radical (unpaired) electrons. The number of benzene rings is 2. The second-order valence-corrected chi connectivity index (χ2v) is 7.63. The Labute approximate surface area is 189 Å². The highest BCUT2D eigenvalue weighted by Gasteiger charge is 2.22. The van der Waals surface area contributed by atoms with Gasteiger partial charge in [-0.2, -0.15) is 0 Å². The fraction of sp³-hybridized carbons (Fsp3) is 0.440. The Kier molecular flexibility index (Phi) is 9.22. The van der Waals surface area contributed by atoms with Gasteiger partial charge in [-0.15, -0.1) is 0 Å². The van der Waals surface area contributed by atoms with Crippen molar-refractivity contribution in [1.82, 2.24) is 10.6 Å². The quantitative estimate of drug-likeness (QED) is 0.493. The summed E-state index contributed by atoms with van der Waals surface area (Å²) in [6.45, 7) is 3.86. The van der Waals surface area contributed by atoms with E-state index in [1.807, 2.05) is 37.3 Å². The summed E-state index contributed by atoms with van der Waals surface area (Å²) in [4.78, 5) is 24.5. The van der Waals surface area contributed by atoms with Gasteiger partial charge in [-0.05, 0) is 50.1 Å². The van der Waals surface area contributed by atoms with E-state index in [1.165, 1.54) is 0 Å². The Bertz CT molecular complexity index is 866. The van der Waals surface area contributed by atoms with E-state index in [1.54, 1.807) is 18.2 Å². The number of para-hydroxylation sites is 1. The Morgan fingerprint density at radius 3 is 2.34 bits per heavy atom. The predicted molar refractivity (Wildman–Crippen MR) is 122 cm³/mol. The molecule has 0 saturated heterocycles. The molecule has 0 heterocycles. The molecule has 0 unspecified atom stereocenters. The number of hydrogen-bond donors (Lipinski definition) is 2. The summed E-state index contributed by atoms with van der Waals surface area (Å²) < 4.78 is 17.1. The van der Waals surface area contributed by atoms with Crippen LogP contribution in [0, 0.1) is 5.92 Å². The summed E-state index contributed by atoms with van der Waals surface area (Å²) >= 11 is 0. The molecular formula is C25H32N2O5. The fourth-order valence-corrected chi connectivity index (χ4v) is 3.66. The van der Waals surface area contributed by atoms with Crippen molar-refractivity contribution < 1.29 is 23.8 Å². The molecule has 7 nitrogen and oxygen atoms in total. The SMILES string of the molecule is CCOc1cc(C(=O)NCCNC(=O)C2CCCC2)ccc1OCCOc1ccccc1. The zero-order chi connectivity index (χ0) is 22.6. The first-order chi connectivity index (χ1) is 15.7. The van der Waals surface area contributed by atoms with Crippen LogP contribution in [0.15, 0.2) is 48.5 Å². The van der Waals surface area contributed by atoms with Crippen LogP contribution in [0.4, 0.5) is 0 Å². The van der Waals surface area contributed by atoms with Crippen LogP contribution in [0.25, 0.3) is 0 Å². The lowest BCUT2D eigenvalue weighted by molar-refractivity contribution is -0.124. The summed E-state index contributed by atoms with van der Waals surface area (Å²) in [5, 5.41) is 5.74. The molecular weight excluding hydrogens is 408 g/mol. The molecule has 0 atom stereocenters. The summed E-state index contributed by atoms with van der Waals surface area (Å²) in [6.07, 6.45) is 4.17. The molecule has 0 spiro atoms. The van der Waals surface area contributed by atoms with Crippen LogP contribution in [0.3, 0.4) is 0 Å². The molecule has 2 aromatic rings. The number of ether oxygens (including phenoxy) is 3. The third-order valence-corrected chi connectivity index (χ3v) is 5.29. The number of rotatable bonds is 12. The Hall–Kier alpha value is -3.22. The van der Waals surface area contributed by atoms with E-state index in [0.717, 1.165) is 31.4 Å². The molecule has 0 aliphatic heterocycles. The zero-order valence-electron chi connectivity index (χ0n) is 18.6. The van der Waals surface area contributed by atoms with Crippen LogP contribution in [0.2, 0.25) is 0 Å². The van der Waals surface area contributed by atoms with Crippen LogP contribution in [0.1, 0.15) is 43.0 Å². The first-order valence-electron chi connectivity index (χ1n) is 11.3. The second-order valence-electron chi connectivity index (χ2n) is 7.63. The maximum atomic E-state index is 12.5. The van der Waals surface area contributed by atoms with E-state index < -0.39 is 0 Å². The fourth-order valence-electron chi connectivity index (χ4n) is 3.66. The van der Waals surface area contributed by atoms with Crippen LogP contribution in [0.5, 0.6) is 17.2 Å². The lowest BCUT2D eigenvalue weighted by Gasteiger charge is -2.14. The van der Waals surface area contributed by atoms with Gasteiger partial charge >= 0.3 is 0 Å². The lowest BCUT2D eigenvalue weighted by atomic mass is 10.1. The summed E-state index contributed by atoms with van der Waals surface area (Å²) in [5.74, 6) is 1.85. The lowest BCUT2D eigenvalue weighted by Crippen LogP contribution is -2.37. The van der Waals surface area contributed by atoms with E-state index in [4.69, 9.17) is 14.2 Å². The third kappa shape index (κ3) is 7.18. The van der Waals surface area contributed by atoms with Crippen LogP contribution >= 0.6 is 0 Å². The van der Waals surface area contributed by atoms with Gasteiger partial charge in [-0.25, -0.2) is 0 Å². The van der Waals surface area contributed by atoms with E-state index in [9.17, 15) is 9.59 Å². The molecule has 172 valence electrons. The number of carbonyl (C=O) groups excluding carboxylic acids is 2. The molecule has 2 aromatic carbocycles. The third-order valence-electron chi connectivity index (χ3n) is 5.29. The molecule has 0 bridgehead atoms. The number of nitrogens with one attached hydrogen (secondary N) is 2. The van der Waals surface area contributed by atoms with E-state index in [0.29, 0.717) is 50.0 Å². The highest BCUT2D eigenvalue weighted by atomic mass is 16.5. The normalized spacial score (nSPS) is 13.4. The summed E-state index contributed by atoms with van der Waals surface area (Å²) in [5.41, 5.74) is 0.475. The molecule has 0 aromatic heterocycles. The first kappa shape index (κ1) is 23.4. The molecule has 3 rings (SSSR count). The van der Waals surface area contributed by atoms with Crippen molar-refractivity contribution in [2.75, 3.05) is 32.9 Å². The van der Waals surface area contributed by atoms with Gasteiger partial charge in [-0.3, -0.25) is 9.59 Å². The molecule has 1 aliphatic rings. The monoisotopic (exact) mass is 440 g/mol. The van der Waals surface area contributed by atoms with Crippen molar-refractivity contribution in [2.24, 2.45) is 5.92 Å². The second kappa shape index (κ2) is 12.6. The van der Waals surface area contributed by atoms with Gasteiger partial charge in [-0.1, -0.05) is 31.0 Å². The maximum absolute atomic E-state index is 12.5. The van der Waals surface area contributed by atoms with Gasteiger partial charge in [0.25, 0.3) is 5.91 Å². The summed E-state index contributed by atoms with van der Waals surface area (Å²) in [6, 6.07) is 14.6. The zero-order valence-corrected chi connectivity index (χ0v) is 18.6. The molecule has 32 heavy (non-hydrogen) atoms. The van der Waals surface area contributed by atoms with Crippen molar-refractivity contribution in [3.63, 3.8) is 0 Å². The minimum absolute atomic E-state index is 0.0909. The topological polar surface area (TPSA) is 85.9 Å². The van der Waals surface area contributed by atoms with Crippen molar-refractivity contribution in [1.29, 1.82) is 0 Å². The van der Waals surface area contributed by atoms with Crippen LogP contribution < -0.4 is 24.8 Å². The van der Waals surface area contributed by atoms with Gasteiger partial charge in [0.15, 0.2) is 11.5 Å². The number of carbonyl (C=O) groups is 2. The van der Waals surface area contributed by atoms with Gasteiger partial charge in [0.05, 0.1) is 6.61 Å². The first-order valence-corrected chi connectivity index (χ1v) is 11.3. The predicted octanol–water partition coefficient (Wildman–Crippen LogP) is 3.58. The van der Waals surface area contributed by atoms with Gasteiger partial charge in [0, 0.05) is 24.6 Å². The van der Waals surface area contributed by atoms with Gasteiger partial charge in [0.1, 0.15) is 19.0 Å². The molecule has 1 aliphatic carbocycles. The van der Waals surface area contributed by atoms with E-state index in [2.05, 4.69) is 10.6 Å². The molecule has 1 saturated carbocycles. The maximum Gasteiger partial charge on any atom is 0.251 e. The van der Waals surface area contributed by atoms with Crippen molar-refractivity contribution in [2.45, 2.75) is 32.6 Å². The largest absolute Gasteiger partial charge is 0.490 e. The minimum atomic E-state index is -0.222. The van der Waals surface area contributed by atoms with Crippen LogP contribution in [-0.2, 0) is 4.79 Å². The highest BCUT2D eigenvalue weighted by molar-refractivity contribution is 5.94. The van der Waals surface area contributed by atoms with Gasteiger partial charge < -0.3 is 24.8 Å². The highest BCUT2D eigenvalue weighted by Crippen LogP contribution is 2.28. The molecule has 2 amide bonds. The average molecular weight is 441 g/mol. The number of amides is 2. The average Bonchev–Trinajstić information content (AvgIpc) is 3.36. The Balaban J connectivity index is 1.44. The number of hydrogen-bond acceptors (Lipinski definition) is 5. The van der Waals surface area contributed by atoms with E-state index in [-0.39, 0.29) is 17.7 Å². The van der Waals surface area contributed by atoms with Gasteiger partial charge in [0.2, 0.25) is 5.91 Å². The molecule has 1 fully saturated rings. The van der Waals surface area contributed by atoms with Crippen LogP contribution in [-0.4, -0.2) is 44.7 Å². The summed E-state index contributed by atoms with van der Waals surface area (Å²) in [7, 11) is 0. The van der Waals surface area contributed by atoms with Crippen molar-refractivity contribution >= 4 is 11.8 Å². The molecule has 7 heteroatoms. The standard InChI is InChI=1S/C25H32N2O5/c1-2-30-23-18-20(25(29)27-15-14-26-24(28)19-8-6-7-9-19)12-13-22(23)32-17-16-31-21-10-4-3-5-11-21/h3-5,10-13,18-19H,2,6-9,14-17H2,1H3,(H,26,28)(H,27,29). The van der Waals surface area contributed by atoms with Crippen molar-refractivity contribution in [3.05, 3.63) is 54.1 Å². The van der Waals surface area contributed by atoms with Crippen molar-refractivity contribution in [3.8, 4) is 17.2 Å².